The monoisotopic (exact) mass is 312 g/mol. The van der Waals surface area contributed by atoms with Gasteiger partial charge in [0.1, 0.15) is 11.3 Å². The van der Waals surface area contributed by atoms with Gasteiger partial charge in [0.2, 0.25) is 0 Å². The van der Waals surface area contributed by atoms with E-state index in [1.165, 1.54) is 0 Å². The van der Waals surface area contributed by atoms with Crippen LogP contribution in [0.3, 0.4) is 0 Å². The van der Waals surface area contributed by atoms with Crippen molar-refractivity contribution in [2.75, 3.05) is 0 Å². The van der Waals surface area contributed by atoms with Gasteiger partial charge in [-0.2, -0.15) is 0 Å². The van der Waals surface area contributed by atoms with Crippen LogP contribution >= 0.6 is 0 Å². The van der Waals surface area contributed by atoms with Crippen molar-refractivity contribution in [1.29, 1.82) is 5.41 Å². The van der Waals surface area contributed by atoms with Crippen LogP contribution in [0.25, 0.3) is 10.9 Å². The van der Waals surface area contributed by atoms with E-state index in [9.17, 15) is 9.90 Å². The highest BCUT2D eigenvalue weighted by molar-refractivity contribution is 6.11. The molecule has 0 saturated carbocycles. The topological polar surface area (TPSA) is 112 Å². The maximum absolute atomic E-state index is 12.2. The molecule has 2 rings (SSSR count). The van der Waals surface area contributed by atoms with Crippen LogP contribution in [0.4, 0.5) is 0 Å². The van der Waals surface area contributed by atoms with Crippen LogP contribution in [-0.4, -0.2) is 22.2 Å². The Morgan fingerprint density at radius 3 is 2.74 bits per heavy atom. The van der Waals surface area contributed by atoms with Crippen LogP contribution in [0.2, 0.25) is 0 Å². The van der Waals surface area contributed by atoms with Crippen molar-refractivity contribution in [2.45, 2.75) is 19.9 Å². The number of carbonyl (C=O) groups excluding carboxylic acids is 1. The van der Waals surface area contributed by atoms with Gasteiger partial charge in [-0.1, -0.05) is 32.0 Å². The minimum absolute atomic E-state index is 0.0239. The van der Waals surface area contributed by atoms with Crippen molar-refractivity contribution in [3.8, 4) is 5.75 Å². The number of aromatic nitrogens is 1. The lowest BCUT2D eigenvalue weighted by atomic mass is 9.93. The fourth-order valence-electron chi connectivity index (χ4n) is 2.41. The van der Waals surface area contributed by atoms with Crippen molar-refractivity contribution < 1.29 is 9.90 Å². The predicted octanol–water partition coefficient (Wildman–Crippen LogP) is 2.25. The number of nitrogens with one attached hydrogen (secondary N) is 2. The molecule has 6 heteroatoms. The highest BCUT2D eigenvalue weighted by atomic mass is 16.3. The highest BCUT2D eigenvalue weighted by Gasteiger charge is 2.23. The number of benzene rings is 1. The van der Waals surface area contributed by atoms with Gasteiger partial charge in [0.15, 0.2) is 0 Å². The Morgan fingerprint density at radius 2 is 2.13 bits per heavy atom. The number of phenolic OH excluding ortho intramolecular Hbond substituents is 1. The van der Waals surface area contributed by atoms with Crippen LogP contribution in [0.15, 0.2) is 42.2 Å². The molecule has 1 heterocycles. The maximum Gasteiger partial charge on any atom is 0.254 e. The zero-order valence-electron chi connectivity index (χ0n) is 13.1. The zero-order valence-corrected chi connectivity index (χ0v) is 13.1. The number of amides is 1. The molecule has 6 nitrogen and oxygen atoms in total. The maximum atomic E-state index is 12.2. The largest absolute Gasteiger partial charge is 0.505 e. The molecule has 0 saturated heterocycles. The summed E-state index contributed by atoms with van der Waals surface area (Å²) < 4.78 is 0. The Labute approximate surface area is 134 Å². The number of pyridine rings is 1. The van der Waals surface area contributed by atoms with Crippen LogP contribution in [-0.2, 0) is 4.79 Å². The Morgan fingerprint density at radius 1 is 1.39 bits per heavy atom. The first kappa shape index (κ1) is 16.5. The van der Waals surface area contributed by atoms with Crippen LogP contribution < -0.4 is 11.1 Å². The number of nitrogens with two attached hydrogens (primary N) is 1. The minimum Gasteiger partial charge on any atom is -0.505 e. The normalized spacial score (nSPS) is 13.1. The summed E-state index contributed by atoms with van der Waals surface area (Å²) in [5.74, 6) is -0.382. The zero-order chi connectivity index (χ0) is 17.0. The molecular formula is C17H20N4O2. The quantitative estimate of drug-likeness (QED) is 0.501. The van der Waals surface area contributed by atoms with Gasteiger partial charge in [-0.3, -0.25) is 9.78 Å². The number of fused-ring (bicyclic) bond motifs is 1. The summed E-state index contributed by atoms with van der Waals surface area (Å²) in [6.07, 6.45) is 3.59. The highest BCUT2D eigenvalue weighted by Crippen LogP contribution is 2.34. The summed E-state index contributed by atoms with van der Waals surface area (Å²) in [6, 6.07) is 6.87. The van der Waals surface area contributed by atoms with E-state index < -0.39 is 11.9 Å². The summed E-state index contributed by atoms with van der Waals surface area (Å²) in [7, 11) is 0. The fraction of sp³-hybridized carbons (Fsp3) is 0.235. The van der Waals surface area contributed by atoms with E-state index in [2.05, 4.69) is 10.3 Å². The molecule has 0 aliphatic carbocycles. The van der Waals surface area contributed by atoms with Crippen molar-refractivity contribution in [1.82, 2.24) is 10.3 Å². The average Bonchev–Trinajstić information content (AvgIpc) is 2.54. The van der Waals surface area contributed by atoms with Crippen molar-refractivity contribution in [3.05, 3.63) is 47.8 Å². The number of hydrogen-bond donors (Lipinski definition) is 4. The van der Waals surface area contributed by atoms with E-state index in [1.807, 2.05) is 26.0 Å². The third-order valence-corrected chi connectivity index (χ3v) is 3.66. The van der Waals surface area contributed by atoms with Gasteiger partial charge < -0.3 is 21.6 Å². The molecule has 1 aromatic carbocycles. The SMILES string of the molecule is CC(C)C(NC(=O)/C(C=N)=C/N)c1ccc2cccnc2c1O. The Hall–Kier alpha value is -2.89. The molecule has 1 aromatic heterocycles. The van der Waals surface area contributed by atoms with Crippen molar-refractivity contribution in [3.63, 3.8) is 0 Å². The number of rotatable bonds is 5. The third kappa shape index (κ3) is 3.31. The Balaban J connectivity index is 2.44. The minimum atomic E-state index is -0.457. The second kappa shape index (κ2) is 6.91. The molecule has 5 N–H and O–H groups in total. The standard InChI is InChI=1S/C17H20N4O2/c1-10(2)14(21-17(23)12(8-18)9-19)13-6-5-11-4-3-7-20-15(11)16(13)22/h3-10,14,18,22H,19H2,1-2H3,(H,21,23)/b12-9+,18-8?. The first-order valence-electron chi connectivity index (χ1n) is 7.29. The summed E-state index contributed by atoms with van der Waals surface area (Å²) >= 11 is 0. The molecule has 0 radical (unpaired) electrons. The molecular weight excluding hydrogens is 292 g/mol. The second-order valence-electron chi connectivity index (χ2n) is 5.54. The summed E-state index contributed by atoms with van der Waals surface area (Å²) in [4.78, 5) is 16.4. The summed E-state index contributed by atoms with van der Waals surface area (Å²) in [5, 5.41) is 21.4. The van der Waals surface area contributed by atoms with E-state index in [0.29, 0.717) is 11.1 Å². The fourth-order valence-corrected chi connectivity index (χ4v) is 2.41. The van der Waals surface area contributed by atoms with E-state index in [1.54, 1.807) is 18.3 Å². The number of carbonyl (C=O) groups is 1. The van der Waals surface area contributed by atoms with Crippen LogP contribution in [0.1, 0.15) is 25.5 Å². The van der Waals surface area contributed by atoms with E-state index in [-0.39, 0.29) is 17.2 Å². The molecule has 1 amide bonds. The lowest BCUT2D eigenvalue weighted by Gasteiger charge is -2.24. The van der Waals surface area contributed by atoms with E-state index in [4.69, 9.17) is 11.1 Å². The average molecular weight is 312 g/mol. The Kier molecular flexibility index (Phi) is 4.95. The smallest absolute Gasteiger partial charge is 0.254 e. The van der Waals surface area contributed by atoms with Gasteiger partial charge in [-0.15, -0.1) is 0 Å². The van der Waals surface area contributed by atoms with Gasteiger partial charge in [-0.05, 0) is 12.0 Å². The molecule has 1 atom stereocenters. The molecule has 2 aromatic rings. The first-order chi connectivity index (χ1) is 11.0. The lowest BCUT2D eigenvalue weighted by Crippen LogP contribution is -2.33. The lowest BCUT2D eigenvalue weighted by molar-refractivity contribution is -0.118. The van der Waals surface area contributed by atoms with Gasteiger partial charge in [-0.25, -0.2) is 0 Å². The van der Waals surface area contributed by atoms with Gasteiger partial charge in [0, 0.05) is 29.6 Å². The second-order valence-corrected chi connectivity index (χ2v) is 5.54. The molecule has 0 bridgehead atoms. The van der Waals surface area contributed by atoms with E-state index in [0.717, 1.165) is 17.8 Å². The molecule has 0 aliphatic heterocycles. The van der Waals surface area contributed by atoms with Gasteiger partial charge >= 0.3 is 0 Å². The molecule has 23 heavy (non-hydrogen) atoms. The van der Waals surface area contributed by atoms with Crippen molar-refractivity contribution >= 4 is 23.0 Å². The van der Waals surface area contributed by atoms with Crippen molar-refractivity contribution in [2.24, 2.45) is 11.7 Å². The first-order valence-corrected chi connectivity index (χ1v) is 7.29. The number of nitrogens with zero attached hydrogens (tertiary/aromatic N) is 1. The van der Waals surface area contributed by atoms with E-state index >= 15 is 0 Å². The van der Waals surface area contributed by atoms with Gasteiger partial charge in [0.05, 0.1) is 11.6 Å². The number of phenols is 1. The predicted molar refractivity (Wildman–Crippen MR) is 90.2 cm³/mol. The summed E-state index contributed by atoms with van der Waals surface area (Å²) in [6.45, 7) is 3.87. The molecule has 0 fully saturated rings. The third-order valence-electron chi connectivity index (χ3n) is 3.66. The summed E-state index contributed by atoms with van der Waals surface area (Å²) in [5.41, 5.74) is 6.49. The molecule has 120 valence electrons. The number of aromatic hydroxyl groups is 1. The molecule has 1 unspecified atom stereocenters. The molecule has 0 spiro atoms. The van der Waals surface area contributed by atoms with Crippen LogP contribution in [0, 0.1) is 11.3 Å². The van der Waals surface area contributed by atoms with Crippen LogP contribution in [0.5, 0.6) is 5.75 Å². The van der Waals surface area contributed by atoms with Gasteiger partial charge in [0.25, 0.3) is 5.91 Å². The Bertz CT molecular complexity index is 768. The number of hydrogen-bond acceptors (Lipinski definition) is 5. The molecule has 0 aliphatic rings.